The Morgan fingerprint density at radius 1 is 1.56 bits per heavy atom. The second-order valence-corrected chi connectivity index (χ2v) is 5.22. The summed E-state index contributed by atoms with van der Waals surface area (Å²) in [4.78, 5) is 0. The highest BCUT2D eigenvalue weighted by Crippen LogP contribution is 2.25. The summed E-state index contributed by atoms with van der Waals surface area (Å²) in [6.07, 6.45) is 2.51. The molecule has 1 atom stereocenters. The Hall–Kier alpha value is -0.840. The van der Waals surface area contributed by atoms with Crippen molar-refractivity contribution in [1.82, 2.24) is 5.32 Å². The first-order valence-corrected chi connectivity index (χ1v) is 6.87. The lowest BCUT2D eigenvalue weighted by molar-refractivity contribution is 0.114. The third kappa shape index (κ3) is 3.57. The van der Waals surface area contributed by atoms with E-state index >= 15 is 0 Å². The van der Waals surface area contributed by atoms with Crippen LogP contribution in [0.3, 0.4) is 0 Å². The molecule has 0 unspecified atom stereocenters. The molecule has 2 N–H and O–H groups in total. The maximum absolute atomic E-state index is 6.13. The lowest BCUT2D eigenvalue weighted by atomic mass is 10.2. The Morgan fingerprint density at radius 3 is 3.06 bits per heavy atom. The molecule has 5 heteroatoms. The van der Waals surface area contributed by atoms with Gasteiger partial charge in [-0.15, -0.1) is 0 Å². The van der Waals surface area contributed by atoms with Gasteiger partial charge in [-0.05, 0) is 43.6 Å². The van der Waals surface area contributed by atoms with E-state index in [1.165, 1.54) is 0 Å². The Balaban J connectivity index is 1.86. The van der Waals surface area contributed by atoms with Crippen LogP contribution in [0.2, 0.25) is 5.02 Å². The van der Waals surface area contributed by atoms with Crippen molar-refractivity contribution in [2.75, 3.05) is 18.5 Å². The van der Waals surface area contributed by atoms with Gasteiger partial charge < -0.3 is 15.4 Å². The minimum absolute atomic E-state index is 0.275. The van der Waals surface area contributed by atoms with Gasteiger partial charge in [-0.1, -0.05) is 23.7 Å². The lowest BCUT2D eigenvalue weighted by Gasteiger charge is -2.16. The van der Waals surface area contributed by atoms with Gasteiger partial charge in [0.1, 0.15) is 0 Å². The minimum atomic E-state index is 0.275. The number of rotatable bonds is 3. The predicted molar refractivity (Wildman–Crippen MR) is 79.4 cm³/mol. The van der Waals surface area contributed by atoms with Gasteiger partial charge in [-0.2, -0.15) is 0 Å². The first-order valence-electron chi connectivity index (χ1n) is 6.08. The van der Waals surface area contributed by atoms with Crippen molar-refractivity contribution < 1.29 is 4.74 Å². The molecule has 18 heavy (non-hydrogen) atoms. The molecule has 1 fully saturated rings. The topological polar surface area (TPSA) is 33.3 Å². The first-order chi connectivity index (χ1) is 8.66. The summed E-state index contributed by atoms with van der Waals surface area (Å²) in [6.45, 7) is 3.60. The lowest BCUT2D eigenvalue weighted by Crippen LogP contribution is -2.35. The fourth-order valence-corrected chi connectivity index (χ4v) is 2.41. The summed E-state index contributed by atoms with van der Waals surface area (Å²) in [5.41, 5.74) is 1.94. The number of halogens is 1. The standard InChI is InChI=1S/C13H17ClN2OS/c1-9-4-2-6-11(14)12(9)16-13(18)15-8-10-5-3-7-17-10/h2,4,6,10H,3,5,7-8H2,1H3,(H2,15,16,18)/t10-/m0/s1. The van der Waals surface area contributed by atoms with Crippen LogP contribution in [0.4, 0.5) is 5.69 Å². The second kappa shape index (κ2) is 6.36. The molecule has 0 aliphatic carbocycles. The van der Waals surface area contributed by atoms with Crippen molar-refractivity contribution >= 4 is 34.6 Å². The SMILES string of the molecule is Cc1cccc(Cl)c1NC(=S)NC[C@@H]1CCCO1. The summed E-state index contributed by atoms with van der Waals surface area (Å²) < 4.78 is 5.53. The molecule has 1 aromatic carbocycles. The highest BCUT2D eigenvalue weighted by Gasteiger charge is 2.15. The molecule has 2 rings (SSSR count). The van der Waals surface area contributed by atoms with Crippen molar-refractivity contribution in [3.63, 3.8) is 0 Å². The van der Waals surface area contributed by atoms with Gasteiger partial charge in [-0.3, -0.25) is 0 Å². The zero-order chi connectivity index (χ0) is 13.0. The van der Waals surface area contributed by atoms with E-state index in [2.05, 4.69) is 10.6 Å². The maximum atomic E-state index is 6.13. The number of hydrogen-bond acceptors (Lipinski definition) is 2. The zero-order valence-corrected chi connectivity index (χ0v) is 11.9. The van der Waals surface area contributed by atoms with E-state index in [0.29, 0.717) is 10.1 Å². The Labute approximate surface area is 118 Å². The zero-order valence-electron chi connectivity index (χ0n) is 10.3. The first kappa shape index (κ1) is 13.6. The van der Waals surface area contributed by atoms with Crippen LogP contribution in [0.15, 0.2) is 18.2 Å². The fourth-order valence-electron chi connectivity index (χ4n) is 1.96. The molecule has 1 heterocycles. The quantitative estimate of drug-likeness (QED) is 0.836. The number of anilines is 1. The number of aryl methyl sites for hydroxylation is 1. The molecule has 3 nitrogen and oxygen atoms in total. The van der Waals surface area contributed by atoms with Gasteiger partial charge in [0.15, 0.2) is 5.11 Å². The Morgan fingerprint density at radius 2 is 2.39 bits per heavy atom. The van der Waals surface area contributed by atoms with E-state index < -0.39 is 0 Å². The summed E-state index contributed by atoms with van der Waals surface area (Å²) >= 11 is 11.4. The highest BCUT2D eigenvalue weighted by molar-refractivity contribution is 7.80. The number of nitrogens with one attached hydrogen (secondary N) is 2. The van der Waals surface area contributed by atoms with Crippen LogP contribution in [0.1, 0.15) is 18.4 Å². The summed E-state index contributed by atoms with van der Waals surface area (Å²) in [7, 11) is 0. The van der Waals surface area contributed by atoms with Crippen molar-refractivity contribution in [3.05, 3.63) is 28.8 Å². The predicted octanol–water partition coefficient (Wildman–Crippen LogP) is 3.11. The maximum Gasteiger partial charge on any atom is 0.170 e. The average Bonchev–Trinajstić information content (AvgIpc) is 2.84. The number of benzene rings is 1. The van der Waals surface area contributed by atoms with Crippen LogP contribution in [0.5, 0.6) is 0 Å². The van der Waals surface area contributed by atoms with E-state index in [-0.39, 0.29) is 6.10 Å². The molecule has 0 aromatic heterocycles. The van der Waals surface area contributed by atoms with Gasteiger partial charge in [0.2, 0.25) is 0 Å². The van der Waals surface area contributed by atoms with Crippen molar-refractivity contribution in [1.29, 1.82) is 0 Å². The van der Waals surface area contributed by atoms with Crippen LogP contribution < -0.4 is 10.6 Å². The number of para-hydroxylation sites is 1. The monoisotopic (exact) mass is 284 g/mol. The van der Waals surface area contributed by atoms with Crippen LogP contribution in [0, 0.1) is 6.92 Å². The number of hydrogen-bond donors (Lipinski definition) is 2. The van der Waals surface area contributed by atoms with Gasteiger partial charge in [-0.25, -0.2) is 0 Å². The van der Waals surface area contributed by atoms with Crippen LogP contribution in [0.25, 0.3) is 0 Å². The Bertz CT molecular complexity index is 413. The van der Waals surface area contributed by atoms with Crippen molar-refractivity contribution in [2.24, 2.45) is 0 Å². The summed E-state index contributed by atoms with van der Waals surface area (Å²) in [5.74, 6) is 0. The van der Waals surface area contributed by atoms with Crippen LogP contribution >= 0.6 is 23.8 Å². The second-order valence-electron chi connectivity index (χ2n) is 4.40. The van der Waals surface area contributed by atoms with E-state index in [0.717, 1.165) is 37.2 Å². The van der Waals surface area contributed by atoms with E-state index in [1.807, 2.05) is 25.1 Å². The third-order valence-corrected chi connectivity index (χ3v) is 3.54. The molecule has 0 saturated carbocycles. The molecular formula is C13H17ClN2OS. The molecule has 1 aromatic rings. The molecule has 0 amide bonds. The van der Waals surface area contributed by atoms with Gasteiger partial charge in [0.05, 0.1) is 16.8 Å². The largest absolute Gasteiger partial charge is 0.376 e. The van der Waals surface area contributed by atoms with Crippen LogP contribution in [-0.4, -0.2) is 24.4 Å². The molecule has 0 radical (unpaired) electrons. The summed E-state index contributed by atoms with van der Waals surface area (Å²) in [5, 5.41) is 7.56. The average molecular weight is 285 g/mol. The van der Waals surface area contributed by atoms with Crippen LogP contribution in [-0.2, 0) is 4.74 Å². The van der Waals surface area contributed by atoms with E-state index in [9.17, 15) is 0 Å². The van der Waals surface area contributed by atoms with Gasteiger partial charge in [0, 0.05) is 13.2 Å². The highest BCUT2D eigenvalue weighted by atomic mass is 35.5. The van der Waals surface area contributed by atoms with Crippen molar-refractivity contribution in [3.8, 4) is 0 Å². The van der Waals surface area contributed by atoms with E-state index in [1.54, 1.807) is 0 Å². The smallest absolute Gasteiger partial charge is 0.170 e. The van der Waals surface area contributed by atoms with Gasteiger partial charge in [0.25, 0.3) is 0 Å². The summed E-state index contributed by atoms with van der Waals surface area (Å²) in [6, 6.07) is 5.77. The molecule has 1 aliphatic rings. The molecule has 98 valence electrons. The fraction of sp³-hybridized carbons (Fsp3) is 0.462. The van der Waals surface area contributed by atoms with Gasteiger partial charge >= 0.3 is 0 Å². The normalized spacial score (nSPS) is 18.7. The molecular weight excluding hydrogens is 268 g/mol. The molecule has 1 aliphatic heterocycles. The molecule has 1 saturated heterocycles. The molecule has 0 spiro atoms. The molecule has 0 bridgehead atoms. The Kier molecular flexibility index (Phi) is 4.80. The minimum Gasteiger partial charge on any atom is -0.376 e. The number of ether oxygens (including phenoxy) is 1. The number of thiocarbonyl (C=S) groups is 1. The van der Waals surface area contributed by atoms with Crippen molar-refractivity contribution in [2.45, 2.75) is 25.9 Å². The third-order valence-electron chi connectivity index (χ3n) is 2.97. The van der Waals surface area contributed by atoms with E-state index in [4.69, 9.17) is 28.6 Å².